The van der Waals surface area contributed by atoms with Crippen molar-refractivity contribution in [3.05, 3.63) is 111 Å². The van der Waals surface area contributed by atoms with Crippen molar-refractivity contribution in [1.29, 1.82) is 5.26 Å². The van der Waals surface area contributed by atoms with Gasteiger partial charge in [-0.3, -0.25) is 0 Å². The molecule has 0 N–H and O–H groups in total. The minimum absolute atomic E-state index is 0.344. The number of nitrogens with zero attached hydrogens (tertiary/aromatic N) is 4. The maximum Gasteiger partial charge on any atom is 0.337 e. The first-order chi connectivity index (χ1) is 15.6. The number of fused-ring (bicyclic) bond motifs is 1. The molecular formula is C24H16N4O4. The van der Waals surface area contributed by atoms with E-state index in [1.807, 2.05) is 27.3 Å². The summed E-state index contributed by atoms with van der Waals surface area (Å²) >= 11 is 0. The van der Waals surface area contributed by atoms with Crippen LogP contribution in [0, 0.1) is 11.3 Å². The number of nitriles is 1. The van der Waals surface area contributed by atoms with Crippen molar-refractivity contribution in [2.24, 2.45) is 0 Å². The van der Waals surface area contributed by atoms with Crippen LogP contribution in [0.1, 0.15) is 16.7 Å². The van der Waals surface area contributed by atoms with Crippen molar-refractivity contribution < 1.29 is 8.83 Å². The monoisotopic (exact) mass is 424 g/mol. The summed E-state index contributed by atoms with van der Waals surface area (Å²) < 4.78 is 15.0. The zero-order valence-corrected chi connectivity index (χ0v) is 16.8. The van der Waals surface area contributed by atoms with E-state index in [-0.39, 0.29) is 0 Å². The van der Waals surface area contributed by atoms with E-state index in [9.17, 15) is 14.9 Å². The molecule has 5 rings (SSSR count). The fourth-order valence-electron chi connectivity index (χ4n) is 3.82. The predicted octanol–water partition coefficient (Wildman–Crippen LogP) is 3.43. The fraction of sp³-hybridized carbons (Fsp3) is 0.0833. The van der Waals surface area contributed by atoms with Crippen LogP contribution in [0.3, 0.4) is 0 Å². The van der Waals surface area contributed by atoms with Gasteiger partial charge in [0, 0.05) is 30.1 Å². The summed E-state index contributed by atoms with van der Waals surface area (Å²) in [6, 6.07) is 16.8. The van der Waals surface area contributed by atoms with E-state index in [0.29, 0.717) is 40.9 Å². The van der Waals surface area contributed by atoms with Crippen LogP contribution in [-0.2, 0) is 13.1 Å². The Morgan fingerprint density at radius 2 is 1.78 bits per heavy atom. The quantitative estimate of drug-likeness (QED) is 0.437. The Labute approximate surface area is 180 Å². The van der Waals surface area contributed by atoms with Gasteiger partial charge in [-0.25, -0.2) is 14.6 Å². The summed E-state index contributed by atoms with van der Waals surface area (Å²) in [5.74, 6) is 0. The third kappa shape index (κ3) is 3.52. The first kappa shape index (κ1) is 19.3. The minimum atomic E-state index is -0.688. The zero-order valence-electron chi connectivity index (χ0n) is 16.8. The molecule has 0 saturated carbocycles. The lowest BCUT2D eigenvalue weighted by atomic mass is 10.1. The Morgan fingerprint density at radius 3 is 2.56 bits per heavy atom. The van der Waals surface area contributed by atoms with Crippen LogP contribution in [0.4, 0.5) is 0 Å². The van der Waals surface area contributed by atoms with Gasteiger partial charge < -0.3 is 18.0 Å². The maximum absolute atomic E-state index is 12.5. The average Bonchev–Trinajstić information content (AvgIpc) is 3.41. The molecule has 156 valence electrons. The highest BCUT2D eigenvalue weighted by Gasteiger charge is 2.19. The van der Waals surface area contributed by atoms with E-state index in [2.05, 4.69) is 11.1 Å². The second kappa shape index (κ2) is 7.89. The molecule has 0 saturated heterocycles. The molecule has 0 aliphatic carbocycles. The van der Waals surface area contributed by atoms with Gasteiger partial charge in [-0.15, -0.1) is 0 Å². The molecule has 3 aromatic heterocycles. The number of benzene rings is 2. The molecular weight excluding hydrogens is 408 g/mol. The molecule has 32 heavy (non-hydrogen) atoms. The third-order valence-electron chi connectivity index (χ3n) is 5.16. The fourth-order valence-corrected chi connectivity index (χ4v) is 3.82. The van der Waals surface area contributed by atoms with Crippen LogP contribution < -0.4 is 11.3 Å². The first-order valence-corrected chi connectivity index (χ1v) is 9.83. The van der Waals surface area contributed by atoms with Crippen LogP contribution in [0.2, 0.25) is 0 Å². The van der Waals surface area contributed by atoms with Crippen LogP contribution in [-0.4, -0.2) is 14.1 Å². The van der Waals surface area contributed by atoms with Gasteiger partial charge in [-0.1, -0.05) is 18.2 Å². The standard InChI is InChI=1S/C24H16N4O4/c25-12-16-3-1-4-17(11-16)13-28-19-5-2-6-20-23(19)18(14-27-10-9-26-15-27)24(28)32-22(30)8-7-21(29)31-20/h1-11,15H,13-14H2. The van der Waals surface area contributed by atoms with Crippen molar-refractivity contribution in [2.45, 2.75) is 13.1 Å². The van der Waals surface area contributed by atoms with Gasteiger partial charge in [0.1, 0.15) is 5.58 Å². The predicted molar refractivity (Wildman–Crippen MR) is 117 cm³/mol. The topological polar surface area (TPSA) is 107 Å². The van der Waals surface area contributed by atoms with E-state index in [4.69, 9.17) is 8.83 Å². The summed E-state index contributed by atoms with van der Waals surface area (Å²) in [4.78, 5) is 28.8. The summed E-state index contributed by atoms with van der Waals surface area (Å²) in [6.07, 6.45) is 5.11. The van der Waals surface area contributed by atoms with Crippen molar-refractivity contribution in [3.63, 3.8) is 0 Å². The Balaban J connectivity index is 1.89. The van der Waals surface area contributed by atoms with E-state index in [1.54, 1.807) is 43.0 Å². The van der Waals surface area contributed by atoms with Gasteiger partial charge in [-0.05, 0) is 29.8 Å². The minimum Gasteiger partial charge on any atom is -0.423 e. The Bertz CT molecular complexity index is 1630. The average molecular weight is 424 g/mol. The number of imidazole rings is 1. The SMILES string of the molecule is N#Cc1cccc(Cn2c3oc(=O)ccc(=O)oc4cccc2c4c3Cn2ccnc2)c1. The van der Waals surface area contributed by atoms with Gasteiger partial charge in [0.15, 0.2) is 0 Å². The highest BCUT2D eigenvalue weighted by molar-refractivity contribution is 6.00. The van der Waals surface area contributed by atoms with Gasteiger partial charge >= 0.3 is 11.3 Å². The van der Waals surface area contributed by atoms with Gasteiger partial charge in [0.05, 0.1) is 42.0 Å². The molecule has 5 aromatic rings. The van der Waals surface area contributed by atoms with Crippen LogP contribution in [0.25, 0.3) is 22.2 Å². The van der Waals surface area contributed by atoms with E-state index in [0.717, 1.165) is 23.2 Å². The number of aromatic nitrogens is 3. The van der Waals surface area contributed by atoms with Gasteiger partial charge in [0.2, 0.25) is 5.71 Å². The van der Waals surface area contributed by atoms with Gasteiger partial charge in [0.25, 0.3) is 0 Å². The maximum atomic E-state index is 12.5. The highest BCUT2D eigenvalue weighted by atomic mass is 16.4. The lowest BCUT2D eigenvalue weighted by Gasteiger charge is -2.07. The van der Waals surface area contributed by atoms with Crippen LogP contribution >= 0.6 is 0 Å². The lowest BCUT2D eigenvalue weighted by Crippen LogP contribution is -2.04. The highest BCUT2D eigenvalue weighted by Crippen LogP contribution is 2.31. The van der Waals surface area contributed by atoms with E-state index < -0.39 is 11.3 Å². The lowest BCUT2D eigenvalue weighted by molar-refractivity contribution is 0.523. The molecule has 0 amide bonds. The van der Waals surface area contributed by atoms with E-state index in [1.165, 1.54) is 0 Å². The molecule has 2 aromatic carbocycles. The van der Waals surface area contributed by atoms with Crippen molar-refractivity contribution in [1.82, 2.24) is 14.1 Å². The Hall–Kier alpha value is -4.64. The molecule has 3 heterocycles. The molecule has 0 aliphatic heterocycles. The molecule has 0 unspecified atom stereocenters. The zero-order chi connectivity index (χ0) is 22.1. The molecule has 0 radical (unpaired) electrons. The molecule has 8 nitrogen and oxygen atoms in total. The summed E-state index contributed by atoms with van der Waals surface area (Å²) in [5.41, 5.74) is 2.17. The number of hydrogen-bond acceptors (Lipinski definition) is 6. The second-order valence-corrected chi connectivity index (χ2v) is 7.24. The normalized spacial score (nSPS) is 11.0. The Morgan fingerprint density at radius 1 is 0.969 bits per heavy atom. The largest absolute Gasteiger partial charge is 0.423 e. The van der Waals surface area contributed by atoms with Crippen molar-refractivity contribution >= 4 is 22.2 Å². The molecule has 0 aliphatic rings. The Kier molecular flexibility index (Phi) is 4.76. The second-order valence-electron chi connectivity index (χ2n) is 7.24. The van der Waals surface area contributed by atoms with Crippen LogP contribution in [0.15, 0.2) is 91.7 Å². The number of hydrogen-bond donors (Lipinski definition) is 0. The smallest absolute Gasteiger partial charge is 0.337 e. The third-order valence-corrected chi connectivity index (χ3v) is 5.16. The summed E-state index contributed by atoms with van der Waals surface area (Å²) in [7, 11) is 0. The summed E-state index contributed by atoms with van der Waals surface area (Å²) in [6.45, 7) is 0.697. The molecule has 0 spiro atoms. The van der Waals surface area contributed by atoms with Crippen LogP contribution in [0.5, 0.6) is 0 Å². The van der Waals surface area contributed by atoms with Crippen molar-refractivity contribution in [3.8, 4) is 6.07 Å². The molecule has 0 atom stereocenters. The number of rotatable bonds is 4. The van der Waals surface area contributed by atoms with Crippen molar-refractivity contribution in [2.75, 3.05) is 0 Å². The van der Waals surface area contributed by atoms with Gasteiger partial charge in [-0.2, -0.15) is 5.26 Å². The molecule has 2 bridgehead atoms. The summed E-state index contributed by atoms with van der Waals surface area (Å²) in [5, 5.41) is 9.93. The first-order valence-electron chi connectivity index (χ1n) is 9.83. The van der Waals surface area contributed by atoms with E-state index >= 15 is 0 Å². The molecule has 0 fully saturated rings. The molecule has 8 heteroatoms.